The molecule has 2 heterocycles. The zero-order chi connectivity index (χ0) is 24.6. The molecule has 6 N–H and O–H groups in total. The summed E-state index contributed by atoms with van der Waals surface area (Å²) in [6.45, 7) is 1.12. The van der Waals surface area contributed by atoms with Crippen LogP contribution in [0, 0.1) is 0 Å². The SMILES string of the molecule is CCCCCCCCOP(=O)(O)OP(=O)(O)OC[C@H]1O[C@@H](n2ccc(N)nc2=O)[C@H](O)[C@@H]1O. The highest BCUT2D eigenvalue weighted by molar-refractivity contribution is 7.61. The van der Waals surface area contributed by atoms with Gasteiger partial charge in [-0.15, -0.1) is 0 Å². The molecule has 6 atom stereocenters. The second-order valence-electron chi connectivity index (χ2n) is 7.50. The van der Waals surface area contributed by atoms with Gasteiger partial charge in [0.05, 0.1) is 13.2 Å². The Balaban J connectivity index is 1.84. The number of ether oxygens (including phenoxy) is 1. The molecular formula is C17H31N3O11P2. The summed E-state index contributed by atoms with van der Waals surface area (Å²) in [5.74, 6) is -0.0605. The molecule has 0 saturated carbocycles. The fourth-order valence-electron chi connectivity index (χ4n) is 3.12. The largest absolute Gasteiger partial charge is 0.481 e. The van der Waals surface area contributed by atoms with E-state index in [0.29, 0.717) is 6.42 Å². The zero-order valence-electron chi connectivity index (χ0n) is 18.1. The number of anilines is 1. The summed E-state index contributed by atoms with van der Waals surface area (Å²) in [4.78, 5) is 34.8. The first kappa shape index (κ1) is 28.1. The molecule has 1 aliphatic heterocycles. The number of phosphoric acid groups is 2. The second kappa shape index (κ2) is 12.5. The molecule has 0 amide bonds. The minimum absolute atomic E-state index is 0.0605. The Bertz CT molecular complexity index is 914. The van der Waals surface area contributed by atoms with E-state index in [1.54, 1.807) is 0 Å². The summed E-state index contributed by atoms with van der Waals surface area (Å²) in [7, 11) is -9.99. The number of phosphoric ester groups is 2. The molecule has 33 heavy (non-hydrogen) atoms. The third-order valence-corrected chi connectivity index (χ3v) is 7.46. The van der Waals surface area contributed by atoms with Crippen LogP contribution in [0.1, 0.15) is 51.7 Å². The van der Waals surface area contributed by atoms with Crippen LogP contribution in [0.4, 0.5) is 5.82 Å². The Kier molecular flexibility index (Phi) is 10.6. The summed E-state index contributed by atoms with van der Waals surface area (Å²) < 4.78 is 43.7. The number of nitrogens with two attached hydrogens (primary N) is 1. The van der Waals surface area contributed by atoms with Gasteiger partial charge in [-0.3, -0.25) is 13.6 Å². The van der Waals surface area contributed by atoms with Gasteiger partial charge in [0.1, 0.15) is 24.1 Å². The molecule has 0 bridgehead atoms. The minimum atomic E-state index is -5.10. The molecule has 0 aromatic carbocycles. The van der Waals surface area contributed by atoms with Crippen molar-refractivity contribution >= 4 is 21.5 Å². The van der Waals surface area contributed by atoms with Gasteiger partial charge < -0.3 is 30.5 Å². The molecule has 0 spiro atoms. The summed E-state index contributed by atoms with van der Waals surface area (Å²) in [6.07, 6.45) is 0.600. The van der Waals surface area contributed by atoms with E-state index in [1.807, 2.05) is 0 Å². The normalized spacial score (nSPS) is 26.7. The number of aliphatic hydroxyl groups excluding tert-OH is 2. The van der Waals surface area contributed by atoms with Crippen molar-refractivity contribution in [3.63, 3.8) is 0 Å². The number of hydrogen-bond donors (Lipinski definition) is 5. The average molecular weight is 515 g/mol. The molecule has 2 rings (SSSR count). The lowest BCUT2D eigenvalue weighted by atomic mass is 10.1. The molecule has 1 aliphatic rings. The van der Waals surface area contributed by atoms with Crippen molar-refractivity contribution in [3.8, 4) is 0 Å². The smallest absolute Gasteiger partial charge is 0.387 e. The Morgan fingerprint density at radius 3 is 2.39 bits per heavy atom. The van der Waals surface area contributed by atoms with Gasteiger partial charge in [0.2, 0.25) is 0 Å². The van der Waals surface area contributed by atoms with E-state index in [2.05, 4.69) is 25.3 Å². The predicted octanol–water partition coefficient (Wildman–Crippen LogP) is 1.06. The number of aromatic nitrogens is 2. The summed E-state index contributed by atoms with van der Waals surface area (Å²) in [5.41, 5.74) is 4.55. The minimum Gasteiger partial charge on any atom is -0.387 e. The fraction of sp³-hybridized carbons (Fsp3) is 0.765. The second-order valence-corrected chi connectivity index (χ2v) is 10.5. The van der Waals surface area contributed by atoms with Gasteiger partial charge in [-0.25, -0.2) is 13.9 Å². The highest BCUT2D eigenvalue weighted by Crippen LogP contribution is 2.60. The lowest BCUT2D eigenvalue weighted by Gasteiger charge is -2.19. The summed E-state index contributed by atoms with van der Waals surface area (Å²) in [5, 5.41) is 20.3. The molecule has 14 nitrogen and oxygen atoms in total. The van der Waals surface area contributed by atoms with Crippen LogP contribution >= 0.6 is 15.6 Å². The predicted molar refractivity (Wildman–Crippen MR) is 115 cm³/mol. The van der Waals surface area contributed by atoms with Crippen molar-refractivity contribution in [2.24, 2.45) is 0 Å². The van der Waals surface area contributed by atoms with E-state index in [-0.39, 0.29) is 12.4 Å². The molecule has 1 saturated heterocycles. The van der Waals surface area contributed by atoms with Crippen molar-refractivity contribution in [1.82, 2.24) is 9.55 Å². The van der Waals surface area contributed by atoms with E-state index in [9.17, 15) is 33.9 Å². The van der Waals surface area contributed by atoms with E-state index in [4.69, 9.17) is 10.5 Å². The van der Waals surface area contributed by atoms with Crippen LogP contribution in [0.2, 0.25) is 0 Å². The number of unbranched alkanes of at least 4 members (excludes halogenated alkanes) is 5. The third kappa shape index (κ3) is 8.84. The van der Waals surface area contributed by atoms with Crippen LogP contribution in [-0.4, -0.2) is 61.1 Å². The number of nitrogen functional groups attached to an aromatic ring is 1. The van der Waals surface area contributed by atoms with Gasteiger partial charge >= 0.3 is 21.3 Å². The molecule has 0 radical (unpaired) electrons. The van der Waals surface area contributed by atoms with Crippen LogP contribution in [0.15, 0.2) is 17.1 Å². The highest BCUT2D eigenvalue weighted by atomic mass is 31.3. The van der Waals surface area contributed by atoms with Crippen molar-refractivity contribution in [2.75, 3.05) is 18.9 Å². The Hall–Kier alpha value is -1.18. The van der Waals surface area contributed by atoms with E-state index in [0.717, 1.165) is 36.7 Å². The monoisotopic (exact) mass is 515 g/mol. The standard InChI is InChI=1S/C17H31N3O11P2/c1-2-3-4-5-6-7-10-28-32(24,25)31-33(26,27)29-11-12-14(21)15(22)16(30-12)20-9-8-13(18)19-17(20)23/h8-9,12,14-16,21-22H,2-7,10-11H2,1H3,(H,24,25)(H,26,27)(H2,18,19,23)/t12-,14-,15-,16-/m1/s1. The summed E-state index contributed by atoms with van der Waals surface area (Å²) in [6, 6.07) is 1.27. The van der Waals surface area contributed by atoms with Crippen molar-refractivity contribution in [1.29, 1.82) is 0 Å². The van der Waals surface area contributed by atoms with Crippen molar-refractivity contribution in [3.05, 3.63) is 22.7 Å². The topological polar surface area (TPSA) is 213 Å². The van der Waals surface area contributed by atoms with E-state index >= 15 is 0 Å². The molecular weight excluding hydrogens is 484 g/mol. The highest BCUT2D eigenvalue weighted by Gasteiger charge is 2.46. The Morgan fingerprint density at radius 1 is 1.09 bits per heavy atom. The molecule has 190 valence electrons. The first-order valence-electron chi connectivity index (χ1n) is 10.5. The van der Waals surface area contributed by atoms with Gasteiger partial charge in [0.25, 0.3) is 0 Å². The maximum Gasteiger partial charge on any atom is 0.481 e. The number of hydrogen-bond acceptors (Lipinski definition) is 11. The maximum absolute atomic E-state index is 12.0. The zero-order valence-corrected chi connectivity index (χ0v) is 19.9. The Labute approximate surface area is 190 Å². The number of rotatable bonds is 14. The van der Waals surface area contributed by atoms with E-state index < -0.39 is 52.5 Å². The molecule has 1 fully saturated rings. The maximum atomic E-state index is 12.0. The van der Waals surface area contributed by atoms with Crippen LogP contribution in [0.25, 0.3) is 0 Å². The number of aliphatic hydroxyl groups is 2. The quantitative estimate of drug-likeness (QED) is 0.173. The van der Waals surface area contributed by atoms with Crippen molar-refractivity contribution in [2.45, 2.75) is 70.0 Å². The van der Waals surface area contributed by atoms with E-state index in [1.165, 1.54) is 12.3 Å². The first-order chi connectivity index (χ1) is 15.5. The number of nitrogens with zero attached hydrogens (tertiary/aromatic N) is 2. The molecule has 1 aromatic rings. The van der Waals surface area contributed by atoms with Crippen LogP contribution in [-0.2, 0) is 27.2 Å². The van der Waals surface area contributed by atoms with Gasteiger partial charge in [-0.2, -0.15) is 9.29 Å². The van der Waals surface area contributed by atoms with Crippen LogP contribution in [0.3, 0.4) is 0 Å². The molecule has 2 unspecified atom stereocenters. The van der Waals surface area contributed by atoms with Gasteiger partial charge in [-0.1, -0.05) is 39.0 Å². The Morgan fingerprint density at radius 2 is 1.73 bits per heavy atom. The summed E-state index contributed by atoms with van der Waals surface area (Å²) >= 11 is 0. The molecule has 1 aromatic heterocycles. The van der Waals surface area contributed by atoms with Crippen LogP contribution < -0.4 is 11.4 Å². The van der Waals surface area contributed by atoms with Gasteiger partial charge in [0, 0.05) is 6.20 Å². The lowest BCUT2D eigenvalue weighted by Crippen LogP contribution is -2.36. The van der Waals surface area contributed by atoms with Gasteiger partial charge in [-0.05, 0) is 12.5 Å². The average Bonchev–Trinajstić information content (AvgIpc) is 2.99. The third-order valence-electron chi connectivity index (χ3n) is 4.82. The van der Waals surface area contributed by atoms with Gasteiger partial charge in [0.15, 0.2) is 6.23 Å². The first-order valence-corrected chi connectivity index (χ1v) is 13.5. The fourth-order valence-corrected chi connectivity index (χ4v) is 5.24. The molecule has 16 heteroatoms. The van der Waals surface area contributed by atoms with Crippen LogP contribution in [0.5, 0.6) is 0 Å². The lowest BCUT2D eigenvalue weighted by molar-refractivity contribution is -0.0542. The molecule has 0 aliphatic carbocycles. The van der Waals surface area contributed by atoms with Crippen molar-refractivity contribution < 1.29 is 47.2 Å².